The van der Waals surface area contributed by atoms with Gasteiger partial charge < -0.3 is 19.7 Å². The Morgan fingerprint density at radius 2 is 1.20 bits per heavy atom. The van der Waals surface area contributed by atoms with Gasteiger partial charge in [0.25, 0.3) is 20.1 Å². The summed E-state index contributed by atoms with van der Waals surface area (Å²) in [6, 6.07) is 36.7. The Labute approximate surface area is 318 Å². The van der Waals surface area contributed by atoms with E-state index in [1.807, 2.05) is 6.07 Å². The zero-order chi connectivity index (χ0) is 38.9. The lowest BCUT2D eigenvalue weighted by Crippen LogP contribution is -2.53. The van der Waals surface area contributed by atoms with Crippen molar-refractivity contribution in [2.45, 2.75) is 69.5 Å². The van der Waals surface area contributed by atoms with Crippen LogP contribution in [0.1, 0.15) is 61.2 Å². The molecule has 5 aromatic rings. The van der Waals surface area contributed by atoms with Crippen LogP contribution < -0.4 is 15.1 Å². The summed E-state index contributed by atoms with van der Waals surface area (Å²) >= 11 is 0. The smallest absolute Gasteiger partial charge is 0.343 e. The van der Waals surface area contributed by atoms with E-state index in [0.29, 0.717) is 28.1 Å². The lowest BCUT2D eigenvalue weighted by molar-refractivity contribution is -0.168. The van der Waals surface area contributed by atoms with Crippen LogP contribution in [0.15, 0.2) is 146 Å². The van der Waals surface area contributed by atoms with Gasteiger partial charge in [-0.2, -0.15) is 8.78 Å². The molecule has 0 heterocycles. The molecule has 2 amide bonds. The van der Waals surface area contributed by atoms with E-state index in [9.17, 15) is 14.7 Å². The molecule has 7 nitrogen and oxygen atoms in total. The molecule has 0 saturated heterocycles. The number of hydrogen-bond acceptors (Lipinski definition) is 5. The summed E-state index contributed by atoms with van der Waals surface area (Å²) in [6.45, 7) is 9.72. The van der Waals surface area contributed by atoms with Gasteiger partial charge >= 0.3 is 5.92 Å². The number of aliphatic hydroxyl groups is 1. The molecule has 0 fully saturated rings. The Bertz CT molecular complexity index is 1960. The standard InChI is InChI=1S/C44H49F2N3O4Si/c1-43(2,3)54(4,5)53-38-29-19-18-28-36(38)48-41(51)39(34-24-14-8-15-25-34)49(30-32-20-10-6-11-21-32)42(52)44(45,46)40(35-26-16-9-17-27-35)47-37(31-50)33-22-12-7-13-23-33/h6-29,37,39-40,47,50H,30-31H2,1-5H3,(H,48,51)/t37-,39?,40-/m0/s1. The van der Waals surface area contributed by atoms with E-state index in [2.05, 4.69) is 44.5 Å². The second-order valence-corrected chi connectivity index (χ2v) is 19.6. The molecule has 54 heavy (non-hydrogen) atoms. The van der Waals surface area contributed by atoms with Gasteiger partial charge in [-0.1, -0.05) is 154 Å². The van der Waals surface area contributed by atoms with E-state index in [-0.39, 0.29) is 17.1 Å². The summed E-state index contributed by atoms with van der Waals surface area (Å²) in [5, 5.41) is 16.1. The number of rotatable bonds is 15. The number of para-hydroxylation sites is 2. The highest BCUT2D eigenvalue weighted by molar-refractivity contribution is 6.74. The number of anilines is 1. The first-order valence-corrected chi connectivity index (χ1v) is 21.0. The summed E-state index contributed by atoms with van der Waals surface area (Å²) in [5.41, 5.74) is 1.98. The van der Waals surface area contributed by atoms with Crippen LogP contribution in [-0.4, -0.2) is 42.7 Å². The Kier molecular flexibility index (Phi) is 12.8. The third-order valence-corrected chi connectivity index (χ3v) is 14.3. The minimum absolute atomic E-state index is 0.139. The maximum Gasteiger partial charge on any atom is 0.343 e. The highest BCUT2D eigenvalue weighted by Crippen LogP contribution is 2.41. The van der Waals surface area contributed by atoms with Crippen molar-refractivity contribution in [3.05, 3.63) is 168 Å². The summed E-state index contributed by atoms with van der Waals surface area (Å²) < 4.78 is 41.4. The number of alkyl halides is 2. The maximum atomic E-state index is 17.4. The first-order valence-electron chi connectivity index (χ1n) is 18.1. The molecule has 3 atom stereocenters. The Balaban J connectivity index is 1.61. The van der Waals surface area contributed by atoms with E-state index in [4.69, 9.17) is 4.43 Å². The molecule has 1 unspecified atom stereocenters. The molecule has 5 aromatic carbocycles. The van der Waals surface area contributed by atoms with Gasteiger partial charge in [0.15, 0.2) is 0 Å². The molecular weight excluding hydrogens is 701 g/mol. The molecule has 0 saturated carbocycles. The number of aliphatic hydroxyl groups excluding tert-OH is 1. The van der Waals surface area contributed by atoms with Gasteiger partial charge in [0.05, 0.1) is 18.3 Å². The summed E-state index contributed by atoms with van der Waals surface area (Å²) in [5.74, 6) is -5.91. The van der Waals surface area contributed by atoms with E-state index in [0.717, 1.165) is 4.90 Å². The van der Waals surface area contributed by atoms with Crippen LogP contribution in [0.5, 0.6) is 5.75 Å². The van der Waals surface area contributed by atoms with Crippen LogP contribution in [0.4, 0.5) is 14.5 Å². The zero-order valence-corrected chi connectivity index (χ0v) is 32.4. The monoisotopic (exact) mass is 749 g/mol. The number of amides is 2. The molecule has 0 aliphatic carbocycles. The molecule has 0 aromatic heterocycles. The number of carbonyl (C=O) groups excluding carboxylic acids is 2. The van der Waals surface area contributed by atoms with Crippen molar-refractivity contribution >= 4 is 25.8 Å². The number of hydrogen-bond donors (Lipinski definition) is 3. The molecule has 3 N–H and O–H groups in total. The maximum absolute atomic E-state index is 17.4. The van der Waals surface area contributed by atoms with Crippen LogP contribution >= 0.6 is 0 Å². The average Bonchev–Trinajstić information content (AvgIpc) is 3.16. The molecule has 0 aliphatic heterocycles. The fourth-order valence-corrected chi connectivity index (χ4v) is 7.00. The largest absolute Gasteiger partial charge is 0.542 e. The SMILES string of the molecule is CC(C)(C)[Si](C)(C)Oc1ccccc1NC(=O)C(c1ccccc1)N(Cc1ccccc1)C(=O)C(F)(F)[C@@H](N[C@@H](CO)c1ccccc1)c1ccccc1. The second kappa shape index (κ2) is 17.3. The average molecular weight is 750 g/mol. The van der Waals surface area contributed by atoms with Crippen LogP contribution in [0, 0.1) is 0 Å². The second-order valence-electron chi connectivity index (χ2n) is 14.9. The number of halogens is 2. The number of nitrogens with one attached hydrogen (secondary N) is 2. The summed E-state index contributed by atoms with van der Waals surface area (Å²) in [6.07, 6.45) is 0. The van der Waals surface area contributed by atoms with Gasteiger partial charge in [0.1, 0.15) is 17.8 Å². The third kappa shape index (κ3) is 9.49. The van der Waals surface area contributed by atoms with Gasteiger partial charge in [-0.25, -0.2) is 0 Å². The van der Waals surface area contributed by atoms with E-state index >= 15 is 8.78 Å². The molecule has 0 spiro atoms. The van der Waals surface area contributed by atoms with E-state index in [1.165, 1.54) is 12.1 Å². The van der Waals surface area contributed by atoms with Crippen molar-refractivity contribution < 1.29 is 27.9 Å². The Morgan fingerprint density at radius 3 is 1.74 bits per heavy atom. The molecule has 0 radical (unpaired) electrons. The third-order valence-electron chi connectivity index (χ3n) is 9.98. The Hall–Kier alpha value is -5.16. The van der Waals surface area contributed by atoms with Gasteiger partial charge in [0, 0.05) is 6.54 Å². The van der Waals surface area contributed by atoms with Gasteiger partial charge in [-0.15, -0.1) is 0 Å². The van der Waals surface area contributed by atoms with Crippen LogP contribution in [-0.2, 0) is 16.1 Å². The van der Waals surface area contributed by atoms with E-state index < -0.39 is 50.8 Å². The van der Waals surface area contributed by atoms with Crippen molar-refractivity contribution in [2.75, 3.05) is 11.9 Å². The van der Waals surface area contributed by atoms with Crippen molar-refractivity contribution in [2.24, 2.45) is 0 Å². The fourth-order valence-electron chi connectivity index (χ4n) is 5.97. The minimum Gasteiger partial charge on any atom is -0.542 e. The first-order chi connectivity index (χ1) is 25.7. The predicted molar refractivity (Wildman–Crippen MR) is 213 cm³/mol. The highest BCUT2D eigenvalue weighted by atomic mass is 28.4. The number of nitrogens with zero attached hydrogens (tertiary/aromatic N) is 1. The van der Waals surface area contributed by atoms with Crippen molar-refractivity contribution in [1.29, 1.82) is 0 Å². The predicted octanol–water partition coefficient (Wildman–Crippen LogP) is 9.48. The van der Waals surface area contributed by atoms with Crippen LogP contribution in [0.3, 0.4) is 0 Å². The molecule has 5 rings (SSSR count). The first kappa shape index (κ1) is 40.0. The van der Waals surface area contributed by atoms with E-state index in [1.54, 1.807) is 127 Å². The van der Waals surface area contributed by atoms with Gasteiger partial charge in [0.2, 0.25) is 0 Å². The van der Waals surface area contributed by atoms with Crippen LogP contribution in [0.25, 0.3) is 0 Å². The van der Waals surface area contributed by atoms with Crippen LogP contribution in [0.2, 0.25) is 18.1 Å². The number of benzene rings is 5. The summed E-state index contributed by atoms with van der Waals surface area (Å²) in [7, 11) is -2.36. The van der Waals surface area contributed by atoms with Crippen molar-refractivity contribution in [1.82, 2.24) is 10.2 Å². The van der Waals surface area contributed by atoms with Crippen molar-refractivity contribution in [3.63, 3.8) is 0 Å². The lowest BCUT2D eigenvalue weighted by atomic mass is 9.95. The van der Waals surface area contributed by atoms with Crippen molar-refractivity contribution in [3.8, 4) is 5.75 Å². The minimum atomic E-state index is -4.12. The molecule has 0 bridgehead atoms. The fraction of sp³-hybridized carbons (Fsp3) is 0.273. The normalized spacial score (nSPS) is 13.7. The molecule has 0 aliphatic rings. The highest BCUT2D eigenvalue weighted by Gasteiger charge is 2.53. The summed E-state index contributed by atoms with van der Waals surface area (Å²) in [4.78, 5) is 30.4. The molecule has 10 heteroatoms. The lowest BCUT2D eigenvalue weighted by Gasteiger charge is -2.38. The van der Waals surface area contributed by atoms with Gasteiger partial charge in [-0.05, 0) is 52.5 Å². The molecule has 282 valence electrons. The van der Waals surface area contributed by atoms with Gasteiger partial charge in [-0.3, -0.25) is 14.9 Å². The Morgan fingerprint density at radius 1 is 0.722 bits per heavy atom. The molecular formula is C44H49F2N3O4Si. The zero-order valence-electron chi connectivity index (χ0n) is 31.4. The number of carbonyl (C=O) groups is 2. The quantitative estimate of drug-likeness (QED) is 0.0929. The topological polar surface area (TPSA) is 90.9 Å².